The van der Waals surface area contributed by atoms with Crippen molar-refractivity contribution in [3.05, 3.63) is 76.9 Å². The lowest BCUT2D eigenvalue weighted by molar-refractivity contribution is -0.138. The molecule has 0 aliphatic heterocycles. The highest BCUT2D eigenvalue weighted by molar-refractivity contribution is 5.85. The van der Waals surface area contributed by atoms with Crippen LogP contribution in [0.15, 0.2) is 54.6 Å². The van der Waals surface area contributed by atoms with Crippen molar-refractivity contribution >= 4 is 12.0 Å². The number of carbonyl (C=O) groups is 1. The monoisotopic (exact) mass is 306 g/mol. The Labute approximate surface area is 125 Å². The normalized spacial score (nSPS) is 11.8. The third kappa shape index (κ3) is 3.97. The molecule has 114 valence electrons. The van der Waals surface area contributed by atoms with Gasteiger partial charge in [-0.2, -0.15) is 13.2 Å². The summed E-state index contributed by atoms with van der Waals surface area (Å²) in [6.45, 7) is 0. The van der Waals surface area contributed by atoms with Gasteiger partial charge < -0.3 is 5.11 Å². The smallest absolute Gasteiger partial charge is 0.416 e. The molecule has 2 aromatic carbocycles. The topological polar surface area (TPSA) is 37.3 Å². The maximum Gasteiger partial charge on any atom is 0.416 e. The molecule has 5 heteroatoms. The highest BCUT2D eigenvalue weighted by Crippen LogP contribution is 2.33. The van der Waals surface area contributed by atoms with E-state index in [0.29, 0.717) is 11.1 Å². The molecule has 0 aliphatic rings. The van der Waals surface area contributed by atoms with Crippen LogP contribution in [-0.2, 0) is 17.4 Å². The van der Waals surface area contributed by atoms with E-state index in [1.54, 1.807) is 30.3 Å². The Hall–Kier alpha value is -2.56. The van der Waals surface area contributed by atoms with Crippen molar-refractivity contribution in [2.45, 2.75) is 12.6 Å². The molecule has 0 unspecified atom stereocenters. The molecule has 0 radical (unpaired) electrons. The van der Waals surface area contributed by atoms with Crippen LogP contribution < -0.4 is 0 Å². The molecule has 0 heterocycles. The number of alkyl halides is 3. The van der Waals surface area contributed by atoms with Crippen LogP contribution in [0.2, 0.25) is 0 Å². The summed E-state index contributed by atoms with van der Waals surface area (Å²) in [5, 5.41) is 8.67. The molecule has 2 aromatic rings. The summed E-state index contributed by atoms with van der Waals surface area (Å²) in [4.78, 5) is 10.6. The Bertz CT molecular complexity index is 703. The molecular weight excluding hydrogens is 293 g/mol. The van der Waals surface area contributed by atoms with Crippen LogP contribution >= 0.6 is 0 Å². The highest BCUT2D eigenvalue weighted by atomic mass is 19.4. The first-order chi connectivity index (χ1) is 10.4. The van der Waals surface area contributed by atoms with Crippen molar-refractivity contribution < 1.29 is 23.1 Å². The number of halogens is 3. The van der Waals surface area contributed by atoms with Crippen molar-refractivity contribution in [2.24, 2.45) is 0 Å². The number of hydrogen-bond acceptors (Lipinski definition) is 1. The van der Waals surface area contributed by atoms with E-state index < -0.39 is 17.7 Å². The fourth-order valence-corrected chi connectivity index (χ4v) is 2.18. The molecule has 22 heavy (non-hydrogen) atoms. The predicted octanol–water partition coefficient (Wildman–Crippen LogP) is 4.39. The van der Waals surface area contributed by atoms with Gasteiger partial charge in [-0.15, -0.1) is 0 Å². The van der Waals surface area contributed by atoms with Crippen LogP contribution in [0.25, 0.3) is 6.08 Å². The number of rotatable bonds is 4. The minimum absolute atomic E-state index is 0.0792. The maximum atomic E-state index is 13.0. The van der Waals surface area contributed by atoms with E-state index in [0.717, 1.165) is 12.1 Å². The Kier molecular flexibility index (Phi) is 4.65. The Morgan fingerprint density at radius 2 is 1.59 bits per heavy atom. The largest absolute Gasteiger partial charge is 0.478 e. The Morgan fingerprint density at radius 3 is 2.23 bits per heavy atom. The second-order valence-corrected chi connectivity index (χ2v) is 4.70. The van der Waals surface area contributed by atoms with E-state index in [-0.39, 0.29) is 12.0 Å². The van der Waals surface area contributed by atoms with E-state index in [4.69, 9.17) is 5.11 Å². The minimum Gasteiger partial charge on any atom is -0.478 e. The number of carboxylic acid groups (broad SMARTS) is 1. The number of carboxylic acids is 1. The molecule has 1 N–H and O–H groups in total. The molecule has 0 atom stereocenters. The molecule has 0 fully saturated rings. The standard InChI is InChI=1S/C17H13F3O2/c18-17(19,20)15-8-4-3-7-14(15)11-13-6-2-1-5-12(13)9-10-16(21)22/h1-10H,11H2,(H,21,22)/b10-9-. The van der Waals surface area contributed by atoms with E-state index in [2.05, 4.69) is 0 Å². The van der Waals surface area contributed by atoms with E-state index >= 15 is 0 Å². The second-order valence-electron chi connectivity index (χ2n) is 4.70. The second kappa shape index (κ2) is 6.47. The average Bonchev–Trinajstić information content (AvgIpc) is 2.46. The molecule has 0 bridgehead atoms. The van der Waals surface area contributed by atoms with Crippen molar-refractivity contribution in [2.75, 3.05) is 0 Å². The molecule has 0 amide bonds. The molecule has 0 aliphatic carbocycles. The van der Waals surface area contributed by atoms with Gasteiger partial charge in [0.05, 0.1) is 5.56 Å². The van der Waals surface area contributed by atoms with Gasteiger partial charge in [0, 0.05) is 6.08 Å². The van der Waals surface area contributed by atoms with Crippen molar-refractivity contribution in [1.29, 1.82) is 0 Å². The van der Waals surface area contributed by atoms with E-state index in [1.807, 2.05) is 0 Å². The van der Waals surface area contributed by atoms with Gasteiger partial charge in [0.15, 0.2) is 0 Å². The molecule has 2 rings (SSSR count). The zero-order chi connectivity index (χ0) is 16.2. The number of benzene rings is 2. The highest BCUT2D eigenvalue weighted by Gasteiger charge is 2.32. The van der Waals surface area contributed by atoms with Crippen LogP contribution in [0.5, 0.6) is 0 Å². The first-order valence-electron chi connectivity index (χ1n) is 6.52. The molecular formula is C17H13F3O2. The predicted molar refractivity (Wildman–Crippen MR) is 77.4 cm³/mol. The van der Waals surface area contributed by atoms with Gasteiger partial charge in [-0.3, -0.25) is 0 Å². The summed E-state index contributed by atoms with van der Waals surface area (Å²) < 4.78 is 39.0. The maximum absolute atomic E-state index is 13.0. The van der Waals surface area contributed by atoms with Crippen LogP contribution in [0, 0.1) is 0 Å². The summed E-state index contributed by atoms with van der Waals surface area (Å²) in [6, 6.07) is 12.2. The Morgan fingerprint density at radius 1 is 1.00 bits per heavy atom. The van der Waals surface area contributed by atoms with Crippen LogP contribution in [0.1, 0.15) is 22.3 Å². The summed E-state index contributed by atoms with van der Waals surface area (Å²) in [7, 11) is 0. The molecule has 2 nitrogen and oxygen atoms in total. The van der Waals surface area contributed by atoms with Crippen LogP contribution in [-0.4, -0.2) is 11.1 Å². The quantitative estimate of drug-likeness (QED) is 0.850. The first kappa shape index (κ1) is 15.8. The van der Waals surface area contributed by atoms with Gasteiger partial charge in [-0.25, -0.2) is 4.79 Å². The van der Waals surface area contributed by atoms with Gasteiger partial charge in [-0.1, -0.05) is 42.5 Å². The SMILES string of the molecule is O=C(O)/C=C\c1ccccc1Cc1ccccc1C(F)(F)F. The first-order valence-corrected chi connectivity index (χ1v) is 6.52. The van der Waals surface area contributed by atoms with Crippen molar-refractivity contribution in [3.8, 4) is 0 Å². The minimum atomic E-state index is -4.41. The van der Waals surface area contributed by atoms with Gasteiger partial charge in [0.25, 0.3) is 0 Å². The zero-order valence-corrected chi connectivity index (χ0v) is 11.5. The fraction of sp³-hybridized carbons (Fsp3) is 0.118. The van der Waals surface area contributed by atoms with Gasteiger partial charge >= 0.3 is 12.1 Å². The lowest BCUT2D eigenvalue weighted by Crippen LogP contribution is -2.09. The molecule has 0 aromatic heterocycles. The van der Waals surface area contributed by atoms with E-state index in [1.165, 1.54) is 18.2 Å². The van der Waals surface area contributed by atoms with Crippen LogP contribution in [0.3, 0.4) is 0 Å². The lowest BCUT2D eigenvalue weighted by Gasteiger charge is -2.13. The average molecular weight is 306 g/mol. The summed E-state index contributed by atoms with van der Waals surface area (Å²) >= 11 is 0. The number of hydrogen-bond donors (Lipinski definition) is 1. The Balaban J connectivity index is 2.39. The molecule has 0 saturated carbocycles. The van der Waals surface area contributed by atoms with Gasteiger partial charge in [0.2, 0.25) is 0 Å². The lowest BCUT2D eigenvalue weighted by atomic mass is 9.96. The number of aliphatic carboxylic acids is 1. The summed E-state index contributed by atoms with van der Waals surface area (Å²) in [5.74, 6) is -1.11. The summed E-state index contributed by atoms with van der Waals surface area (Å²) in [6.07, 6.45) is -1.99. The summed E-state index contributed by atoms with van der Waals surface area (Å²) in [5.41, 5.74) is 0.705. The third-order valence-corrected chi connectivity index (χ3v) is 3.16. The molecule has 0 spiro atoms. The fourth-order valence-electron chi connectivity index (χ4n) is 2.18. The van der Waals surface area contributed by atoms with Gasteiger partial charge in [0.1, 0.15) is 0 Å². The van der Waals surface area contributed by atoms with Gasteiger partial charge in [-0.05, 0) is 35.3 Å². The van der Waals surface area contributed by atoms with Crippen molar-refractivity contribution in [3.63, 3.8) is 0 Å². The third-order valence-electron chi connectivity index (χ3n) is 3.16. The van der Waals surface area contributed by atoms with E-state index in [9.17, 15) is 18.0 Å². The zero-order valence-electron chi connectivity index (χ0n) is 11.5. The molecule has 0 saturated heterocycles. The van der Waals surface area contributed by atoms with Crippen LogP contribution in [0.4, 0.5) is 13.2 Å². The van der Waals surface area contributed by atoms with Crippen molar-refractivity contribution in [1.82, 2.24) is 0 Å².